The molecule has 0 aliphatic rings. The van der Waals surface area contributed by atoms with E-state index >= 15 is 0 Å². The summed E-state index contributed by atoms with van der Waals surface area (Å²) in [7, 11) is 0. The molecule has 3 rings (SSSR count). The van der Waals surface area contributed by atoms with Crippen molar-refractivity contribution in [2.75, 3.05) is 0 Å². The Hall–Kier alpha value is -3.20. The first-order valence-corrected chi connectivity index (χ1v) is 8.71. The number of nitrogens with zero attached hydrogens (tertiary/aromatic N) is 1. The van der Waals surface area contributed by atoms with Crippen molar-refractivity contribution in [3.8, 4) is 0 Å². The highest BCUT2D eigenvalue weighted by Crippen LogP contribution is 2.24. The molecule has 0 spiro atoms. The number of rotatable bonds is 6. The van der Waals surface area contributed by atoms with Crippen LogP contribution in [0.3, 0.4) is 0 Å². The molecule has 0 bridgehead atoms. The minimum absolute atomic E-state index is 0.130. The summed E-state index contributed by atoms with van der Waals surface area (Å²) in [6, 6.07) is 29.7. The Bertz CT molecular complexity index is 819. The van der Waals surface area contributed by atoms with Crippen LogP contribution in [0.15, 0.2) is 96.1 Å². The molecule has 0 saturated carbocycles. The Morgan fingerprint density at radius 3 is 1.77 bits per heavy atom. The van der Waals surface area contributed by atoms with Crippen LogP contribution >= 0.6 is 0 Å². The fraction of sp³-hybridized carbons (Fsp3) is 0.130. The van der Waals surface area contributed by atoms with Gasteiger partial charge in [-0.1, -0.05) is 91.0 Å². The van der Waals surface area contributed by atoms with Crippen LogP contribution in [0.1, 0.15) is 29.5 Å². The highest BCUT2D eigenvalue weighted by Gasteiger charge is 2.22. The number of carbonyl (C=O) groups is 1. The van der Waals surface area contributed by atoms with E-state index in [9.17, 15) is 4.79 Å². The molecule has 0 aromatic heterocycles. The van der Waals surface area contributed by atoms with Gasteiger partial charge >= 0.3 is 0 Å². The third kappa shape index (κ3) is 4.67. The molecule has 0 aliphatic carbocycles. The Morgan fingerprint density at radius 1 is 0.808 bits per heavy atom. The normalized spacial score (nSPS) is 11.4. The monoisotopic (exact) mass is 342 g/mol. The van der Waals surface area contributed by atoms with Gasteiger partial charge in [-0.15, -0.1) is 0 Å². The first-order valence-electron chi connectivity index (χ1n) is 8.71. The highest BCUT2D eigenvalue weighted by atomic mass is 16.2. The Labute approximate surface area is 154 Å². The third-order valence-electron chi connectivity index (χ3n) is 4.19. The SMILES string of the molecule is CC(Cc1ccccc1)=NNC(=O)C(c1ccccc1)c1ccccc1. The molecule has 130 valence electrons. The van der Waals surface area contributed by atoms with E-state index in [2.05, 4.69) is 22.7 Å². The molecular formula is C23H22N2O. The molecule has 1 amide bonds. The van der Waals surface area contributed by atoms with Crippen LogP contribution < -0.4 is 5.43 Å². The van der Waals surface area contributed by atoms with E-state index < -0.39 is 0 Å². The predicted molar refractivity (Wildman–Crippen MR) is 106 cm³/mol. The Balaban J connectivity index is 1.77. The number of hydrogen-bond acceptors (Lipinski definition) is 2. The number of amides is 1. The van der Waals surface area contributed by atoms with Crippen molar-refractivity contribution in [3.63, 3.8) is 0 Å². The maximum Gasteiger partial charge on any atom is 0.252 e. The van der Waals surface area contributed by atoms with Crippen LogP contribution in [0.25, 0.3) is 0 Å². The van der Waals surface area contributed by atoms with E-state index in [1.807, 2.05) is 85.8 Å². The van der Waals surface area contributed by atoms with Crippen LogP contribution in [0.4, 0.5) is 0 Å². The lowest BCUT2D eigenvalue weighted by Gasteiger charge is -2.16. The van der Waals surface area contributed by atoms with Crippen molar-refractivity contribution in [2.45, 2.75) is 19.3 Å². The van der Waals surface area contributed by atoms with Gasteiger partial charge in [0.25, 0.3) is 5.91 Å². The maximum atomic E-state index is 12.9. The van der Waals surface area contributed by atoms with Gasteiger partial charge in [-0.2, -0.15) is 5.10 Å². The Morgan fingerprint density at radius 2 is 1.27 bits per heavy atom. The number of carbonyl (C=O) groups excluding carboxylic acids is 1. The fourth-order valence-corrected chi connectivity index (χ4v) is 2.93. The van der Waals surface area contributed by atoms with Gasteiger partial charge in [0.1, 0.15) is 0 Å². The van der Waals surface area contributed by atoms with Gasteiger partial charge in [0.2, 0.25) is 0 Å². The van der Waals surface area contributed by atoms with E-state index in [0.29, 0.717) is 6.42 Å². The van der Waals surface area contributed by atoms with Crippen LogP contribution in [0.2, 0.25) is 0 Å². The van der Waals surface area contributed by atoms with Crippen LogP contribution in [-0.2, 0) is 11.2 Å². The highest BCUT2D eigenvalue weighted by molar-refractivity contribution is 5.90. The van der Waals surface area contributed by atoms with E-state index in [0.717, 1.165) is 16.8 Å². The molecular weight excluding hydrogens is 320 g/mol. The van der Waals surface area contributed by atoms with Gasteiger partial charge in [0.15, 0.2) is 0 Å². The lowest BCUT2D eigenvalue weighted by Crippen LogP contribution is -2.27. The first kappa shape index (κ1) is 17.6. The zero-order valence-corrected chi connectivity index (χ0v) is 14.8. The second kappa shape index (κ2) is 8.77. The van der Waals surface area contributed by atoms with Gasteiger partial charge in [-0.3, -0.25) is 4.79 Å². The molecule has 0 unspecified atom stereocenters. The summed E-state index contributed by atoms with van der Waals surface area (Å²) in [6.07, 6.45) is 0.711. The lowest BCUT2D eigenvalue weighted by molar-refractivity contribution is -0.121. The number of hydrazone groups is 1. The zero-order chi connectivity index (χ0) is 18.2. The average Bonchev–Trinajstić information content (AvgIpc) is 2.69. The molecule has 0 saturated heterocycles. The molecule has 0 atom stereocenters. The van der Waals surface area contributed by atoms with Gasteiger partial charge in [-0.25, -0.2) is 5.43 Å². The molecule has 3 nitrogen and oxygen atoms in total. The molecule has 3 aromatic carbocycles. The van der Waals surface area contributed by atoms with Crippen molar-refractivity contribution in [1.29, 1.82) is 0 Å². The summed E-state index contributed by atoms with van der Waals surface area (Å²) in [5.74, 6) is -0.513. The number of nitrogens with one attached hydrogen (secondary N) is 1. The van der Waals surface area contributed by atoms with Crippen molar-refractivity contribution in [3.05, 3.63) is 108 Å². The van der Waals surface area contributed by atoms with E-state index in [1.54, 1.807) is 0 Å². The quantitative estimate of drug-likeness (QED) is 0.518. The number of hydrogen-bond donors (Lipinski definition) is 1. The molecule has 0 fully saturated rings. The van der Waals surface area contributed by atoms with Crippen LogP contribution in [0.5, 0.6) is 0 Å². The van der Waals surface area contributed by atoms with Crippen LogP contribution in [0, 0.1) is 0 Å². The average molecular weight is 342 g/mol. The summed E-state index contributed by atoms with van der Waals surface area (Å²) >= 11 is 0. The largest absolute Gasteiger partial charge is 0.272 e. The second-order valence-corrected chi connectivity index (χ2v) is 6.24. The van der Waals surface area contributed by atoms with Crippen molar-refractivity contribution >= 4 is 11.6 Å². The first-order chi connectivity index (χ1) is 12.7. The molecule has 3 heteroatoms. The maximum absolute atomic E-state index is 12.9. The molecule has 1 N–H and O–H groups in total. The second-order valence-electron chi connectivity index (χ2n) is 6.24. The standard InChI is InChI=1S/C23H22N2O/c1-18(17-19-11-5-2-6-12-19)24-25-23(26)22(20-13-7-3-8-14-20)21-15-9-4-10-16-21/h2-16,22H,17H2,1H3,(H,25,26). The Kier molecular flexibility index (Phi) is 5.94. The molecule has 0 aliphatic heterocycles. The van der Waals surface area contributed by atoms with Gasteiger partial charge < -0.3 is 0 Å². The van der Waals surface area contributed by atoms with Gasteiger partial charge in [0.05, 0.1) is 5.92 Å². The van der Waals surface area contributed by atoms with E-state index in [4.69, 9.17) is 0 Å². The van der Waals surface area contributed by atoms with Crippen molar-refractivity contribution < 1.29 is 4.79 Å². The number of benzene rings is 3. The summed E-state index contributed by atoms with van der Waals surface area (Å²) in [5.41, 5.74) is 6.69. The third-order valence-corrected chi connectivity index (χ3v) is 4.19. The van der Waals surface area contributed by atoms with E-state index in [1.165, 1.54) is 5.56 Å². The minimum atomic E-state index is -0.384. The molecule has 0 heterocycles. The smallest absolute Gasteiger partial charge is 0.252 e. The lowest BCUT2D eigenvalue weighted by atomic mass is 9.91. The van der Waals surface area contributed by atoms with Gasteiger partial charge in [0, 0.05) is 12.1 Å². The summed E-state index contributed by atoms with van der Waals surface area (Å²) < 4.78 is 0. The summed E-state index contributed by atoms with van der Waals surface area (Å²) in [4.78, 5) is 12.9. The minimum Gasteiger partial charge on any atom is -0.272 e. The molecule has 26 heavy (non-hydrogen) atoms. The van der Waals surface area contributed by atoms with Crippen LogP contribution in [-0.4, -0.2) is 11.6 Å². The van der Waals surface area contributed by atoms with Crippen molar-refractivity contribution in [2.24, 2.45) is 5.10 Å². The fourth-order valence-electron chi connectivity index (χ4n) is 2.93. The molecule has 0 radical (unpaired) electrons. The summed E-state index contributed by atoms with van der Waals surface area (Å²) in [6.45, 7) is 1.92. The summed E-state index contributed by atoms with van der Waals surface area (Å²) in [5, 5.41) is 4.31. The predicted octanol–water partition coefficient (Wildman–Crippen LogP) is 4.55. The topological polar surface area (TPSA) is 41.5 Å². The molecule has 3 aromatic rings. The van der Waals surface area contributed by atoms with Gasteiger partial charge in [-0.05, 0) is 23.6 Å². The van der Waals surface area contributed by atoms with E-state index in [-0.39, 0.29) is 11.8 Å². The zero-order valence-electron chi connectivity index (χ0n) is 14.8. The van der Waals surface area contributed by atoms with Crippen molar-refractivity contribution in [1.82, 2.24) is 5.43 Å².